The number of carboxylic acids is 1. The van der Waals surface area contributed by atoms with Gasteiger partial charge < -0.3 is 5.11 Å². The molecule has 1 aromatic carbocycles. The van der Waals surface area contributed by atoms with Gasteiger partial charge in [-0.05, 0) is 12.5 Å². The van der Waals surface area contributed by atoms with Gasteiger partial charge in [0.05, 0.1) is 5.71 Å². The van der Waals surface area contributed by atoms with Crippen molar-refractivity contribution in [1.82, 2.24) is 5.01 Å². The van der Waals surface area contributed by atoms with E-state index in [4.69, 9.17) is 0 Å². The summed E-state index contributed by atoms with van der Waals surface area (Å²) in [6, 6.07) is 6.59. The van der Waals surface area contributed by atoms with Crippen molar-refractivity contribution < 1.29 is 19.5 Å². The van der Waals surface area contributed by atoms with Crippen LogP contribution < -0.4 is 0 Å². The quantitative estimate of drug-likeness (QED) is 0.890. The topological polar surface area (TPSA) is 87.0 Å². The summed E-state index contributed by atoms with van der Waals surface area (Å²) < 4.78 is 0. The molecule has 0 aromatic heterocycles. The fraction of sp³-hybridized carbons (Fsp3) is 0.375. The molecule has 0 spiro atoms. The molecule has 122 valence electrons. The third-order valence-corrected chi connectivity index (χ3v) is 4.27. The molecular formula is C16H18N2O4S. The Hall–Kier alpha value is -2.15. The zero-order valence-electron chi connectivity index (χ0n) is 13.0. The van der Waals surface area contributed by atoms with E-state index in [9.17, 15) is 19.5 Å². The third kappa shape index (κ3) is 4.41. The molecule has 6 nitrogen and oxygen atoms in total. The van der Waals surface area contributed by atoms with Gasteiger partial charge in [-0.2, -0.15) is 5.10 Å². The Morgan fingerprint density at radius 2 is 1.96 bits per heavy atom. The van der Waals surface area contributed by atoms with Crippen molar-refractivity contribution in [2.75, 3.05) is 5.75 Å². The average molecular weight is 334 g/mol. The molecule has 1 N–H and O–H groups in total. The minimum absolute atomic E-state index is 0.0714. The molecule has 1 aliphatic heterocycles. The van der Waals surface area contributed by atoms with Crippen LogP contribution in [0, 0.1) is 6.92 Å². The van der Waals surface area contributed by atoms with Crippen molar-refractivity contribution in [1.29, 1.82) is 0 Å². The number of carbonyl (C=O) groups excluding carboxylic acids is 2. The molecule has 7 heteroatoms. The number of amides is 1. The summed E-state index contributed by atoms with van der Waals surface area (Å²) in [4.78, 5) is 34.5. The van der Waals surface area contributed by atoms with Gasteiger partial charge in [-0.1, -0.05) is 41.6 Å². The van der Waals surface area contributed by atoms with E-state index in [1.54, 1.807) is 0 Å². The summed E-state index contributed by atoms with van der Waals surface area (Å²) in [6.07, 6.45) is 0.267. The highest BCUT2D eigenvalue weighted by Gasteiger charge is 2.36. The number of carboxylic acid groups (broad SMARTS) is 1. The number of hydrazone groups is 1. The van der Waals surface area contributed by atoms with Gasteiger partial charge in [-0.25, -0.2) is 9.80 Å². The van der Waals surface area contributed by atoms with E-state index in [-0.39, 0.29) is 23.9 Å². The van der Waals surface area contributed by atoms with Crippen LogP contribution in [0.25, 0.3) is 0 Å². The van der Waals surface area contributed by atoms with Gasteiger partial charge in [-0.15, -0.1) is 0 Å². The van der Waals surface area contributed by atoms with Crippen molar-refractivity contribution in [3.63, 3.8) is 0 Å². The second-order valence-electron chi connectivity index (χ2n) is 5.30. The summed E-state index contributed by atoms with van der Waals surface area (Å²) in [5.74, 6) is -1.14. The zero-order chi connectivity index (χ0) is 17.0. The molecule has 2 rings (SSSR count). The summed E-state index contributed by atoms with van der Waals surface area (Å²) in [5, 5.41) is 14.5. The first-order valence-electron chi connectivity index (χ1n) is 7.21. The zero-order valence-corrected chi connectivity index (χ0v) is 13.8. The predicted molar refractivity (Wildman–Crippen MR) is 88.4 cm³/mol. The summed E-state index contributed by atoms with van der Waals surface area (Å²) in [6.45, 7) is 3.39. The predicted octanol–water partition coefficient (Wildman–Crippen LogP) is 2.05. The highest BCUT2D eigenvalue weighted by atomic mass is 32.2. The third-order valence-electron chi connectivity index (χ3n) is 3.46. The van der Waals surface area contributed by atoms with Crippen LogP contribution in [-0.2, 0) is 14.4 Å². The standard InChI is InChI=1S/C16H18N2O4S/c1-10-3-5-12(6-4-10)13-9-14(16(21)22)18(17-13)15(20)7-8-23-11(2)19/h3-6,14H,7-9H2,1-2H3,(H,21,22). The van der Waals surface area contributed by atoms with Crippen LogP contribution in [0.1, 0.15) is 30.9 Å². The fourth-order valence-electron chi connectivity index (χ4n) is 2.25. The van der Waals surface area contributed by atoms with Gasteiger partial charge in [-0.3, -0.25) is 9.59 Å². The molecular weight excluding hydrogens is 316 g/mol. The molecule has 0 radical (unpaired) electrons. The molecule has 0 aliphatic carbocycles. The van der Waals surface area contributed by atoms with E-state index < -0.39 is 12.0 Å². The largest absolute Gasteiger partial charge is 0.480 e. The van der Waals surface area contributed by atoms with Gasteiger partial charge in [0, 0.05) is 25.5 Å². The maximum atomic E-state index is 12.2. The number of rotatable bonds is 5. The highest BCUT2D eigenvalue weighted by Crippen LogP contribution is 2.22. The summed E-state index contributed by atoms with van der Waals surface area (Å²) in [5.41, 5.74) is 2.50. The van der Waals surface area contributed by atoms with E-state index in [2.05, 4.69) is 5.10 Å². The number of thioether (sulfide) groups is 1. The van der Waals surface area contributed by atoms with Crippen molar-refractivity contribution in [2.24, 2.45) is 5.10 Å². The molecule has 1 unspecified atom stereocenters. The van der Waals surface area contributed by atoms with E-state index in [0.29, 0.717) is 11.5 Å². The van der Waals surface area contributed by atoms with Crippen LogP contribution in [0.15, 0.2) is 29.4 Å². The van der Waals surface area contributed by atoms with Gasteiger partial charge in [0.15, 0.2) is 11.2 Å². The highest BCUT2D eigenvalue weighted by molar-refractivity contribution is 8.13. The molecule has 0 bridgehead atoms. The van der Waals surface area contributed by atoms with Crippen LogP contribution >= 0.6 is 11.8 Å². The normalized spacial score (nSPS) is 17.0. The van der Waals surface area contributed by atoms with Gasteiger partial charge >= 0.3 is 5.97 Å². The molecule has 0 saturated carbocycles. The number of hydrogen-bond donors (Lipinski definition) is 1. The van der Waals surface area contributed by atoms with E-state index >= 15 is 0 Å². The van der Waals surface area contributed by atoms with E-state index in [1.807, 2.05) is 31.2 Å². The fourth-order valence-corrected chi connectivity index (χ4v) is 2.81. The minimum Gasteiger partial charge on any atom is -0.480 e. The molecule has 0 saturated heterocycles. The SMILES string of the molecule is CC(=O)SCCC(=O)N1N=C(c2ccc(C)cc2)CC1C(=O)O. The smallest absolute Gasteiger partial charge is 0.329 e. The summed E-state index contributed by atoms with van der Waals surface area (Å²) in [7, 11) is 0. The lowest BCUT2D eigenvalue weighted by molar-refractivity contribution is -0.148. The Balaban J connectivity index is 2.14. The monoisotopic (exact) mass is 334 g/mol. The molecule has 1 atom stereocenters. The molecule has 0 fully saturated rings. The number of benzene rings is 1. The number of aryl methyl sites for hydroxylation is 1. The Morgan fingerprint density at radius 3 is 2.52 bits per heavy atom. The van der Waals surface area contributed by atoms with Crippen molar-refractivity contribution in [2.45, 2.75) is 32.7 Å². The lowest BCUT2D eigenvalue weighted by atomic mass is 10.0. The van der Waals surface area contributed by atoms with E-state index in [0.717, 1.165) is 27.9 Å². The van der Waals surface area contributed by atoms with Crippen molar-refractivity contribution in [3.8, 4) is 0 Å². The van der Waals surface area contributed by atoms with Crippen molar-refractivity contribution in [3.05, 3.63) is 35.4 Å². The molecule has 23 heavy (non-hydrogen) atoms. The molecule has 1 heterocycles. The number of carbonyl (C=O) groups is 3. The number of hydrogen-bond acceptors (Lipinski definition) is 5. The minimum atomic E-state index is -1.08. The first kappa shape index (κ1) is 17.2. The maximum Gasteiger partial charge on any atom is 0.329 e. The first-order chi connectivity index (χ1) is 10.9. The first-order valence-corrected chi connectivity index (χ1v) is 8.20. The number of nitrogens with zero attached hydrogens (tertiary/aromatic N) is 2. The maximum absolute atomic E-state index is 12.2. The van der Waals surface area contributed by atoms with Gasteiger partial charge in [0.2, 0.25) is 5.91 Å². The van der Waals surface area contributed by atoms with Crippen LogP contribution in [0.4, 0.5) is 0 Å². The van der Waals surface area contributed by atoms with Crippen LogP contribution in [0.5, 0.6) is 0 Å². The van der Waals surface area contributed by atoms with Gasteiger partial charge in [0.1, 0.15) is 0 Å². The average Bonchev–Trinajstić information content (AvgIpc) is 2.93. The van der Waals surface area contributed by atoms with Gasteiger partial charge in [0.25, 0.3) is 0 Å². The lowest BCUT2D eigenvalue weighted by Gasteiger charge is -2.17. The van der Waals surface area contributed by atoms with Crippen LogP contribution in [0.2, 0.25) is 0 Å². The van der Waals surface area contributed by atoms with Crippen LogP contribution in [-0.4, -0.2) is 44.6 Å². The molecule has 1 aromatic rings. The molecule has 1 aliphatic rings. The second-order valence-corrected chi connectivity index (χ2v) is 6.57. The lowest BCUT2D eigenvalue weighted by Crippen LogP contribution is -2.38. The molecule has 1 amide bonds. The Kier molecular flexibility index (Phi) is 5.54. The Labute approximate surface area is 138 Å². The number of aliphatic carboxylic acids is 1. The summed E-state index contributed by atoms with van der Waals surface area (Å²) >= 11 is 1.04. The van der Waals surface area contributed by atoms with Crippen molar-refractivity contribution >= 4 is 34.5 Å². The Morgan fingerprint density at radius 1 is 1.30 bits per heavy atom. The van der Waals surface area contributed by atoms with E-state index in [1.165, 1.54) is 6.92 Å². The van der Waals surface area contributed by atoms with Crippen LogP contribution in [0.3, 0.4) is 0 Å². The second kappa shape index (κ2) is 7.41. The Bertz CT molecular complexity index is 655.